The van der Waals surface area contributed by atoms with Crippen molar-refractivity contribution in [3.8, 4) is 16.9 Å². The molecule has 2 N–H and O–H groups in total. The Morgan fingerprint density at radius 2 is 1.74 bits per heavy atom. The Morgan fingerprint density at radius 3 is 2.50 bits per heavy atom. The molecular formula is C28H33ClN8O. The maximum atomic E-state index is 7.19. The molecule has 2 aromatic carbocycles. The minimum atomic E-state index is 0.184. The quantitative estimate of drug-likeness (QED) is 0.401. The lowest BCUT2D eigenvalue weighted by Gasteiger charge is -2.34. The predicted molar refractivity (Wildman–Crippen MR) is 153 cm³/mol. The number of aromatic nitrogens is 4. The third kappa shape index (κ3) is 4.22. The van der Waals surface area contributed by atoms with Crippen LogP contribution < -0.4 is 19.9 Å². The van der Waals surface area contributed by atoms with E-state index in [4.69, 9.17) is 26.3 Å². The first kappa shape index (κ1) is 23.9. The zero-order valence-electron chi connectivity index (χ0n) is 21.9. The van der Waals surface area contributed by atoms with Crippen LogP contribution in [0.1, 0.15) is 18.4 Å². The highest BCUT2D eigenvalue weighted by Gasteiger charge is 2.31. The number of benzene rings is 2. The van der Waals surface area contributed by atoms with Gasteiger partial charge in [0, 0.05) is 74.3 Å². The SMILES string of the molecule is Cc1ccc2[nH]ncc2c1-c1c(Cl)cc2c(N3CCNCC3)nc(N3CCN(C)CC3)nc2c1OC1CC1. The summed E-state index contributed by atoms with van der Waals surface area (Å²) in [6.07, 6.45) is 4.15. The molecule has 2 saturated heterocycles. The molecule has 10 heteroatoms. The van der Waals surface area contributed by atoms with Gasteiger partial charge in [0.1, 0.15) is 11.3 Å². The standard InChI is InChI=1S/C28H33ClN8O/c1-17-3-6-22-20(16-31-34-22)23(17)24-21(29)15-19-25(26(24)38-18-4-5-18)32-28(37-13-11-35(2)12-14-37)33-27(19)36-9-7-30-8-10-36/h3,6,15-16,18,30H,4-5,7-14H2,1-2H3,(H,31,34). The monoisotopic (exact) mass is 532 g/mol. The molecule has 4 aromatic rings. The fourth-order valence-electron chi connectivity index (χ4n) is 5.60. The first-order valence-electron chi connectivity index (χ1n) is 13.6. The molecule has 3 aliphatic rings. The van der Waals surface area contributed by atoms with Crippen LogP contribution in [0.15, 0.2) is 24.4 Å². The number of piperazine rings is 2. The van der Waals surface area contributed by atoms with Crippen molar-refractivity contribution in [1.29, 1.82) is 0 Å². The summed E-state index contributed by atoms with van der Waals surface area (Å²) in [5, 5.41) is 13.5. The lowest BCUT2D eigenvalue weighted by Crippen LogP contribution is -2.46. The number of aryl methyl sites for hydroxylation is 1. The van der Waals surface area contributed by atoms with Crippen molar-refractivity contribution in [2.24, 2.45) is 0 Å². The van der Waals surface area contributed by atoms with Crippen molar-refractivity contribution in [2.75, 3.05) is 69.2 Å². The molecule has 9 nitrogen and oxygen atoms in total. The van der Waals surface area contributed by atoms with E-state index in [-0.39, 0.29) is 6.10 Å². The lowest BCUT2D eigenvalue weighted by atomic mass is 9.94. The molecule has 2 aliphatic heterocycles. The summed E-state index contributed by atoms with van der Waals surface area (Å²) in [7, 11) is 2.17. The number of H-pyrrole nitrogens is 1. The molecule has 4 heterocycles. The molecule has 3 fully saturated rings. The average Bonchev–Trinajstić information content (AvgIpc) is 3.63. The van der Waals surface area contributed by atoms with Crippen molar-refractivity contribution < 1.29 is 4.74 Å². The number of fused-ring (bicyclic) bond motifs is 2. The van der Waals surface area contributed by atoms with Crippen LogP contribution >= 0.6 is 11.6 Å². The van der Waals surface area contributed by atoms with Gasteiger partial charge in [-0.2, -0.15) is 10.1 Å². The van der Waals surface area contributed by atoms with Crippen LogP contribution in [0.2, 0.25) is 5.02 Å². The van der Waals surface area contributed by atoms with E-state index in [1.807, 2.05) is 6.20 Å². The summed E-state index contributed by atoms with van der Waals surface area (Å²) in [6, 6.07) is 6.22. The van der Waals surface area contributed by atoms with E-state index in [9.17, 15) is 0 Å². The Morgan fingerprint density at radius 1 is 0.947 bits per heavy atom. The summed E-state index contributed by atoms with van der Waals surface area (Å²) in [5.41, 5.74) is 4.87. The average molecular weight is 533 g/mol. The van der Waals surface area contributed by atoms with Crippen molar-refractivity contribution in [2.45, 2.75) is 25.9 Å². The second-order valence-electron chi connectivity index (χ2n) is 10.7. The van der Waals surface area contributed by atoms with Gasteiger partial charge in [-0.05, 0) is 44.5 Å². The highest BCUT2D eigenvalue weighted by atomic mass is 35.5. The van der Waals surface area contributed by atoms with Crippen LogP contribution in [-0.4, -0.2) is 90.6 Å². The van der Waals surface area contributed by atoms with Crippen LogP contribution in [0.25, 0.3) is 32.9 Å². The number of halogens is 1. The van der Waals surface area contributed by atoms with Gasteiger partial charge in [0.15, 0.2) is 5.75 Å². The molecule has 1 aliphatic carbocycles. The molecule has 0 radical (unpaired) electrons. The fraction of sp³-hybridized carbons (Fsp3) is 0.464. The number of nitrogens with zero attached hydrogens (tertiary/aromatic N) is 6. The number of anilines is 2. The maximum absolute atomic E-state index is 7.19. The molecule has 198 valence electrons. The fourth-order valence-corrected chi connectivity index (χ4v) is 5.89. The van der Waals surface area contributed by atoms with Gasteiger partial charge in [-0.1, -0.05) is 17.7 Å². The van der Waals surface area contributed by atoms with Gasteiger partial charge in [-0.15, -0.1) is 0 Å². The van der Waals surface area contributed by atoms with Gasteiger partial charge < -0.3 is 24.8 Å². The minimum Gasteiger partial charge on any atom is -0.487 e. The maximum Gasteiger partial charge on any atom is 0.228 e. The molecule has 38 heavy (non-hydrogen) atoms. The van der Waals surface area contributed by atoms with E-state index in [2.05, 4.69) is 62.4 Å². The molecule has 7 rings (SSSR count). The highest BCUT2D eigenvalue weighted by molar-refractivity contribution is 6.35. The van der Waals surface area contributed by atoms with E-state index in [0.717, 1.165) is 121 Å². The first-order chi connectivity index (χ1) is 18.6. The van der Waals surface area contributed by atoms with Crippen LogP contribution in [0.5, 0.6) is 5.75 Å². The Labute approximate surface area is 227 Å². The van der Waals surface area contributed by atoms with Crippen molar-refractivity contribution in [3.05, 3.63) is 35.0 Å². The number of rotatable bonds is 5. The third-order valence-corrected chi connectivity index (χ3v) is 8.26. The first-order valence-corrected chi connectivity index (χ1v) is 14.0. The molecule has 0 bridgehead atoms. The highest BCUT2D eigenvalue weighted by Crippen LogP contribution is 2.48. The number of hydrogen-bond donors (Lipinski definition) is 2. The summed E-state index contributed by atoms with van der Waals surface area (Å²) in [4.78, 5) is 17.4. The van der Waals surface area contributed by atoms with Crippen LogP contribution in [0.4, 0.5) is 11.8 Å². The summed E-state index contributed by atoms with van der Waals surface area (Å²) in [6.45, 7) is 9.52. The lowest BCUT2D eigenvalue weighted by molar-refractivity contribution is 0.307. The zero-order chi connectivity index (χ0) is 25.8. The number of ether oxygens (including phenoxy) is 1. The Hall–Kier alpha value is -3.14. The van der Waals surface area contributed by atoms with E-state index >= 15 is 0 Å². The van der Waals surface area contributed by atoms with Gasteiger partial charge in [-0.3, -0.25) is 5.10 Å². The molecule has 0 unspecified atom stereocenters. The second-order valence-corrected chi connectivity index (χ2v) is 11.1. The van der Waals surface area contributed by atoms with Crippen molar-refractivity contribution in [3.63, 3.8) is 0 Å². The van der Waals surface area contributed by atoms with Crippen LogP contribution in [0, 0.1) is 6.92 Å². The molecular weight excluding hydrogens is 500 g/mol. The molecule has 0 atom stereocenters. The predicted octanol–water partition coefficient (Wildman–Crippen LogP) is 3.84. The number of nitrogens with one attached hydrogen (secondary N) is 2. The van der Waals surface area contributed by atoms with Crippen molar-refractivity contribution >= 4 is 45.2 Å². The second kappa shape index (κ2) is 9.55. The summed E-state index contributed by atoms with van der Waals surface area (Å²) < 4.78 is 6.72. The smallest absolute Gasteiger partial charge is 0.228 e. The van der Waals surface area contributed by atoms with Gasteiger partial charge in [0.05, 0.1) is 22.8 Å². The number of hydrogen-bond acceptors (Lipinski definition) is 8. The Balaban J connectivity index is 1.50. The number of likely N-dealkylation sites (N-methyl/N-ethyl adjacent to an activating group) is 1. The van der Waals surface area contributed by atoms with E-state index < -0.39 is 0 Å². The molecule has 0 spiro atoms. The normalized spacial score (nSPS) is 19.0. The van der Waals surface area contributed by atoms with E-state index in [1.165, 1.54) is 0 Å². The Bertz CT molecular complexity index is 1500. The summed E-state index contributed by atoms with van der Waals surface area (Å²) in [5.74, 6) is 2.48. The topological polar surface area (TPSA) is 85.4 Å². The van der Waals surface area contributed by atoms with Crippen LogP contribution in [0.3, 0.4) is 0 Å². The Kier molecular flexibility index (Phi) is 6.02. The van der Waals surface area contributed by atoms with Gasteiger partial charge in [0.25, 0.3) is 0 Å². The van der Waals surface area contributed by atoms with E-state index in [1.54, 1.807) is 0 Å². The molecule has 1 saturated carbocycles. The van der Waals surface area contributed by atoms with Gasteiger partial charge >= 0.3 is 0 Å². The largest absolute Gasteiger partial charge is 0.487 e. The number of aromatic amines is 1. The van der Waals surface area contributed by atoms with Crippen LogP contribution in [-0.2, 0) is 0 Å². The molecule has 2 aromatic heterocycles. The van der Waals surface area contributed by atoms with Gasteiger partial charge in [-0.25, -0.2) is 4.98 Å². The molecule has 0 amide bonds. The van der Waals surface area contributed by atoms with Crippen molar-refractivity contribution in [1.82, 2.24) is 30.4 Å². The summed E-state index contributed by atoms with van der Waals surface area (Å²) >= 11 is 7.19. The zero-order valence-corrected chi connectivity index (χ0v) is 22.7. The third-order valence-electron chi connectivity index (χ3n) is 7.96. The van der Waals surface area contributed by atoms with E-state index in [0.29, 0.717) is 5.02 Å². The van der Waals surface area contributed by atoms with Gasteiger partial charge in [0.2, 0.25) is 5.95 Å². The minimum absolute atomic E-state index is 0.184.